The fraction of sp³-hybridized carbons (Fsp3) is 0.455. The Labute approximate surface area is 113 Å². The van der Waals surface area contributed by atoms with E-state index < -0.39 is 11.6 Å². The number of anilines is 1. The van der Waals surface area contributed by atoms with Crippen molar-refractivity contribution in [2.45, 2.75) is 23.4 Å². The number of hydrogen-bond donors (Lipinski definition) is 2. The number of aliphatic hydroxyl groups excluding tert-OH is 1. The SMILES string of the molecule is Cc1ccc(SC(F)(F)F)cc1NCC(O)CCl. The van der Waals surface area contributed by atoms with E-state index in [9.17, 15) is 18.3 Å². The molecule has 1 unspecified atom stereocenters. The van der Waals surface area contributed by atoms with Crippen molar-refractivity contribution in [3.63, 3.8) is 0 Å². The van der Waals surface area contributed by atoms with Gasteiger partial charge < -0.3 is 10.4 Å². The summed E-state index contributed by atoms with van der Waals surface area (Å²) >= 11 is 5.27. The summed E-state index contributed by atoms with van der Waals surface area (Å²) in [6.45, 7) is 1.97. The van der Waals surface area contributed by atoms with Crippen molar-refractivity contribution in [2.24, 2.45) is 0 Å². The second kappa shape index (κ2) is 6.54. The lowest BCUT2D eigenvalue weighted by atomic mass is 10.2. The summed E-state index contributed by atoms with van der Waals surface area (Å²) in [6.07, 6.45) is -0.731. The van der Waals surface area contributed by atoms with Crippen molar-refractivity contribution in [3.8, 4) is 0 Å². The lowest BCUT2D eigenvalue weighted by Crippen LogP contribution is -2.21. The zero-order valence-corrected chi connectivity index (χ0v) is 11.2. The highest BCUT2D eigenvalue weighted by molar-refractivity contribution is 8.00. The first-order valence-corrected chi connectivity index (χ1v) is 6.51. The molecule has 0 radical (unpaired) electrons. The zero-order chi connectivity index (χ0) is 13.8. The molecule has 2 N–H and O–H groups in total. The summed E-state index contributed by atoms with van der Waals surface area (Å²) in [7, 11) is 0. The van der Waals surface area contributed by atoms with Crippen LogP contribution in [0.25, 0.3) is 0 Å². The van der Waals surface area contributed by atoms with E-state index in [1.165, 1.54) is 12.1 Å². The molecule has 0 spiro atoms. The normalized spacial score (nSPS) is 13.4. The van der Waals surface area contributed by atoms with Gasteiger partial charge in [0.15, 0.2) is 0 Å². The number of alkyl halides is 4. The third-order valence-corrected chi connectivity index (χ3v) is 3.23. The zero-order valence-electron chi connectivity index (χ0n) is 9.59. The fourth-order valence-electron chi connectivity index (χ4n) is 1.27. The van der Waals surface area contributed by atoms with Gasteiger partial charge in [-0.25, -0.2) is 0 Å². The molecule has 0 aliphatic heterocycles. The first kappa shape index (κ1) is 15.5. The van der Waals surface area contributed by atoms with Crippen molar-refractivity contribution in [3.05, 3.63) is 23.8 Å². The van der Waals surface area contributed by atoms with Crippen molar-refractivity contribution in [1.82, 2.24) is 0 Å². The maximum absolute atomic E-state index is 12.2. The number of halogens is 4. The molecule has 0 amide bonds. The van der Waals surface area contributed by atoms with Gasteiger partial charge in [0, 0.05) is 17.1 Å². The van der Waals surface area contributed by atoms with Gasteiger partial charge in [0.25, 0.3) is 0 Å². The van der Waals surface area contributed by atoms with Crippen LogP contribution in [0.3, 0.4) is 0 Å². The molecule has 0 bridgehead atoms. The Balaban J connectivity index is 2.75. The second-order valence-corrected chi connectivity index (χ2v) is 5.16. The lowest BCUT2D eigenvalue weighted by molar-refractivity contribution is -0.0328. The van der Waals surface area contributed by atoms with Gasteiger partial charge in [0.2, 0.25) is 0 Å². The maximum Gasteiger partial charge on any atom is 0.446 e. The number of hydrogen-bond acceptors (Lipinski definition) is 3. The van der Waals surface area contributed by atoms with E-state index in [1.807, 2.05) is 0 Å². The number of thioether (sulfide) groups is 1. The Morgan fingerprint density at radius 3 is 2.67 bits per heavy atom. The van der Waals surface area contributed by atoms with Crippen LogP contribution >= 0.6 is 23.4 Å². The largest absolute Gasteiger partial charge is 0.446 e. The summed E-state index contributed by atoms with van der Waals surface area (Å²) in [5, 5.41) is 12.2. The molecule has 0 aliphatic rings. The molecule has 1 aromatic rings. The van der Waals surface area contributed by atoms with Crippen LogP contribution in [0.15, 0.2) is 23.1 Å². The fourth-order valence-corrected chi connectivity index (χ4v) is 1.96. The van der Waals surface area contributed by atoms with E-state index >= 15 is 0 Å². The molecule has 0 heterocycles. The second-order valence-electron chi connectivity index (χ2n) is 3.71. The molecule has 0 saturated heterocycles. The van der Waals surface area contributed by atoms with Crippen LogP contribution in [0.1, 0.15) is 5.56 Å². The molecule has 0 fully saturated rings. The predicted molar refractivity (Wildman–Crippen MR) is 68.3 cm³/mol. The van der Waals surface area contributed by atoms with Crippen LogP contribution in [-0.2, 0) is 0 Å². The number of rotatable bonds is 5. The number of benzene rings is 1. The summed E-state index contributed by atoms with van der Waals surface area (Å²) < 4.78 is 36.7. The molecular formula is C11H13ClF3NOS. The summed E-state index contributed by atoms with van der Waals surface area (Å²) in [5.41, 5.74) is -2.93. The number of aryl methyl sites for hydroxylation is 1. The van der Waals surface area contributed by atoms with Crippen LogP contribution in [-0.4, -0.2) is 29.1 Å². The molecule has 1 aromatic carbocycles. The molecule has 1 rings (SSSR count). The highest BCUT2D eigenvalue weighted by Crippen LogP contribution is 2.38. The third-order valence-electron chi connectivity index (χ3n) is 2.15. The van der Waals surface area contributed by atoms with Gasteiger partial charge in [-0.2, -0.15) is 13.2 Å². The molecule has 18 heavy (non-hydrogen) atoms. The van der Waals surface area contributed by atoms with Gasteiger partial charge in [-0.1, -0.05) is 6.07 Å². The highest BCUT2D eigenvalue weighted by atomic mass is 35.5. The van der Waals surface area contributed by atoms with E-state index in [0.29, 0.717) is 5.69 Å². The first-order valence-electron chi connectivity index (χ1n) is 5.16. The smallest absolute Gasteiger partial charge is 0.390 e. The first-order chi connectivity index (χ1) is 8.31. The average Bonchev–Trinajstić information content (AvgIpc) is 2.27. The number of nitrogens with one attached hydrogen (secondary N) is 1. The van der Waals surface area contributed by atoms with E-state index in [1.54, 1.807) is 13.0 Å². The minimum absolute atomic E-state index is 0.0725. The van der Waals surface area contributed by atoms with Gasteiger partial charge in [-0.3, -0.25) is 0 Å². The summed E-state index contributed by atoms with van der Waals surface area (Å²) in [4.78, 5) is 0.107. The molecule has 2 nitrogen and oxygen atoms in total. The van der Waals surface area contributed by atoms with Crippen LogP contribution in [0.5, 0.6) is 0 Å². The average molecular weight is 300 g/mol. The van der Waals surface area contributed by atoms with Gasteiger partial charge >= 0.3 is 5.51 Å². The van der Waals surface area contributed by atoms with Gasteiger partial charge in [-0.05, 0) is 36.4 Å². The Bertz CT molecular complexity index is 400. The van der Waals surface area contributed by atoms with Crippen molar-refractivity contribution in [1.29, 1.82) is 0 Å². The summed E-state index contributed by atoms with van der Waals surface area (Å²) in [6, 6.07) is 4.43. The van der Waals surface area contributed by atoms with E-state index in [2.05, 4.69) is 5.32 Å². The monoisotopic (exact) mass is 299 g/mol. The third kappa shape index (κ3) is 5.37. The predicted octanol–water partition coefficient (Wildman–Crippen LogP) is 3.62. The molecule has 7 heteroatoms. The van der Waals surface area contributed by atoms with Crippen LogP contribution in [0.4, 0.5) is 18.9 Å². The van der Waals surface area contributed by atoms with Gasteiger partial charge in [0.1, 0.15) is 0 Å². The molecule has 102 valence electrons. The molecule has 0 saturated carbocycles. The Morgan fingerprint density at radius 2 is 2.11 bits per heavy atom. The Hall–Kier alpha value is -0.590. The van der Waals surface area contributed by atoms with E-state index in [0.717, 1.165) is 5.56 Å². The minimum Gasteiger partial charge on any atom is -0.390 e. The Kier molecular flexibility index (Phi) is 5.62. The van der Waals surface area contributed by atoms with Crippen molar-refractivity contribution < 1.29 is 18.3 Å². The molecule has 1 atom stereocenters. The number of aliphatic hydroxyl groups is 1. The van der Waals surface area contributed by atoms with Crippen molar-refractivity contribution >= 4 is 29.1 Å². The maximum atomic E-state index is 12.2. The van der Waals surface area contributed by atoms with Crippen LogP contribution in [0.2, 0.25) is 0 Å². The lowest BCUT2D eigenvalue weighted by Gasteiger charge is -2.14. The molecule has 0 aromatic heterocycles. The summed E-state index contributed by atoms with van der Waals surface area (Å²) in [5.74, 6) is 0.0725. The van der Waals surface area contributed by atoms with Crippen LogP contribution < -0.4 is 5.32 Å². The van der Waals surface area contributed by atoms with Gasteiger partial charge in [0.05, 0.1) is 12.0 Å². The highest BCUT2D eigenvalue weighted by Gasteiger charge is 2.29. The van der Waals surface area contributed by atoms with Gasteiger partial charge in [-0.15, -0.1) is 11.6 Å². The van der Waals surface area contributed by atoms with Crippen molar-refractivity contribution in [2.75, 3.05) is 17.7 Å². The quantitative estimate of drug-likeness (QED) is 0.643. The Morgan fingerprint density at radius 1 is 1.44 bits per heavy atom. The standard InChI is InChI=1S/C11H13ClF3NOS/c1-7-2-3-9(18-11(13,14)15)4-10(7)16-6-8(17)5-12/h2-4,8,16-17H,5-6H2,1H3. The topological polar surface area (TPSA) is 32.3 Å². The minimum atomic E-state index is -4.30. The van der Waals surface area contributed by atoms with E-state index in [-0.39, 0.29) is 29.1 Å². The van der Waals surface area contributed by atoms with E-state index in [4.69, 9.17) is 11.6 Å². The van der Waals surface area contributed by atoms with Crippen LogP contribution in [0, 0.1) is 6.92 Å². The molecule has 0 aliphatic carbocycles. The molecular weight excluding hydrogens is 287 g/mol.